The van der Waals surface area contributed by atoms with Crippen LogP contribution in [0.1, 0.15) is 19.3 Å². The molecule has 37 heavy (non-hydrogen) atoms. The molecule has 23 heteroatoms. The molecule has 222 valence electrons. The van der Waals surface area contributed by atoms with E-state index in [1.54, 1.807) is 0 Å². The predicted octanol–water partition coefficient (Wildman–Crippen LogP) is 7.52. The maximum absolute atomic E-state index is 13.5. The Labute approximate surface area is 188 Å². The first kappa shape index (κ1) is 35.0. The average Bonchev–Trinajstić information content (AvgIpc) is 2.65. The first-order valence-corrected chi connectivity index (χ1v) is 8.35. The van der Waals surface area contributed by atoms with E-state index in [0.717, 1.165) is 0 Å². The zero-order valence-electron chi connectivity index (χ0n) is 16.4. The maximum atomic E-state index is 13.5. The summed E-state index contributed by atoms with van der Waals surface area (Å²) in [5.74, 6) is -79.4. The summed E-state index contributed by atoms with van der Waals surface area (Å²) in [6, 6.07) is 0. The van der Waals surface area contributed by atoms with Gasteiger partial charge in [-0.05, 0) is 6.42 Å². The number of hydrogen-bond donors (Lipinski definition) is 1. The quantitative estimate of drug-likeness (QED) is 0.234. The van der Waals surface area contributed by atoms with Gasteiger partial charge in [0.1, 0.15) is 0 Å². The Kier molecular flexibility index (Phi) is 8.55. The third-order valence-corrected chi connectivity index (χ3v) is 4.46. The summed E-state index contributed by atoms with van der Waals surface area (Å²) in [4.78, 5) is 10.1. The highest BCUT2D eigenvalue weighted by Gasteiger charge is 2.97. The normalized spacial score (nSPS) is 16.2. The van der Waals surface area contributed by atoms with Gasteiger partial charge in [0.2, 0.25) is 0 Å². The van der Waals surface area contributed by atoms with Gasteiger partial charge < -0.3 is 5.11 Å². The minimum absolute atomic E-state index is 1.61. The highest BCUT2D eigenvalue weighted by molar-refractivity contribution is 5.66. The largest absolute Gasteiger partial charge is 0.481 e. The molecule has 0 aliphatic rings. The van der Waals surface area contributed by atoms with Gasteiger partial charge in [0.25, 0.3) is 0 Å². The predicted molar refractivity (Wildman–Crippen MR) is 72.1 cm³/mol. The molecule has 0 bridgehead atoms. The summed E-state index contributed by atoms with van der Waals surface area (Å²) in [6.07, 6.45) is -14.4. The summed E-state index contributed by atoms with van der Waals surface area (Å²) < 4.78 is 275. The minimum Gasteiger partial charge on any atom is -0.481 e. The van der Waals surface area contributed by atoms with Gasteiger partial charge in [-0.3, -0.25) is 4.79 Å². The number of halogens is 21. The van der Waals surface area contributed by atoms with Crippen molar-refractivity contribution >= 4 is 5.97 Å². The van der Waals surface area contributed by atoms with Gasteiger partial charge in [-0.2, -0.15) is 92.2 Å². The van der Waals surface area contributed by atoms with Crippen molar-refractivity contribution in [1.82, 2.24) is 0 Å². The van der Waals surface area contributed by atoms with Crippen molar-refractivity contribution in [3.05, 3.63) is 0 Å². The summed E-state index contributed by atoms with van der Waals surface area (Å²) >= 11 is 0. The lowest BCUT2D eigenvalue weighted by molar-refractivity contribution is -0.474. The Morgan fingerprint density at radius 1 is 0.432 bits per heavy atom. The summed E-state index contributed by atoms with van der Waals surface area (Å²) in [6.45, 7) is 0. The van der Waals surface area contributed by atoms with Crippen LogP contribution in [-0.2, 0) is 4.79 Å². The number of rotatable bonds is 12. The molecule has 0 fully saturated rings. The monoisotopic (exact) mass is 606 g/mol. The highest BCUT2D eigenvalue weighted by atomic mass is 19.4. The van der Waals surface area contributed by atoms with Gasteiger partial charge in [0.15, 0.2) is 0 Å². The molecular formula is C14H7F21O2. The standard InChI is InChI=1S/C14H7F21O2/c15-5(16,3-1-2-4(36)37)6(17,18)7(19,20)8(21,22)9(23,24)10(25,26)11(27,28)12(29,30)13(31,32)14(33,34)35/h1-3H2,(H,36,37). The number of alkyl halides is 21. The molecule has 0 aromatic rings. The Bertz CT molecular complexity index is 839. The van der Waals surface area contributed by atoms with E-state index in [1.165, 1.54) is 0 Å². The number of carboxylic acids is 1. The molecule has 0 heterocycles. The van der Waals surface area contributed by atoms with Crippen molar-refractivity contribution in [2.24, 2.45) is 0 Å². The van der Waals surface area contributed by atoms with E-state index in [-0.39, 0.29) is 0 Å². The van der Waals surface area contributed by atoms with Crippen molar-refractivity contribution in [2.75, 3.05) is 0 Å². The fraction of sp³-hybridized carbons (Fsp3) is 0.929. The van der Waals surface area contributed by atoms with Crippen molar-refractivity contribution in [3.63, 3.8) is 0 Å². The molecule has 0 saturated carbocycles. The zero-order chi connectivity index (χ0) is 30.7. The molecular weight excluding hydrogens is 599 g/mol. The maximum Gasteiger partial charge on any atom is 0.460 e. The number of hydrogen-bond acceptors (Lipinski definition) is 1. The van der Waals surface area contributed by atoms with Gasteiger partial charge >= 0.3 is 65.4 Å². The van der Waals surface area contributed by atoms with E-state index in [9.17, 15) is 97.0 Å². The lowest BCUT2D eigenvalue weighted by Gasteiger charge is -2.44. The fourth-order valence-corrected chi connectivity index (χ4v) is 2.21. The smallest absolute Gasteiger partial charge is 0.460 e. The van der Waals surface area contributed by atoms with E-state index in [4.69, 9.17) is 5.11 Å². The van der Waals surface area contributed by atoms with Crippen LogP contribution in [0.4, 0.5) is 92.2 Å². The molecule has 0 amide bonds. The van der Waals surface area contributed by atoms with Crippen LogP contribution in [0.5, 0.6) is 0 Å². The van der Waals surface area contributed by atoms with Gasteiger partial charge in [0, 0.05) is 12.8 Å². The first-order chi connectivity index (χ1) is 15.7. The molecule has 0 radical (unpaired) electrons. The molecule has 0 aromatic heterocycles. The van der Waals surface area contributed by atoms with Crippen LogP contribution in [0, 0.1) is 0 Å². The minimum atomic E-state index is -9.21. The van der Waals surface area contributed by atoms with Crippen molar-refractivity contribution in [3.8, 4) is 0 Å². The van der Waals surface area contributed by atoms with E-state index in [2.05, 4.69) is 0 Å². The van der Waals surface area contributed by atoms with E-state index < -0.39 is 84.7 Å². The van der Waals surface area contributed by atoms with Crippen molar-refractivity contribution in [2.45, 2.75) is 78.7 Å². The van der Waals surface area contributed by atoms with Crippen molar-refractivity contribution in [1.29, 1.82) is 0 Å². The average molecular weight is 606 g/mol. The molecule has 0 aromatic carbocycles. The van der Waals surface area contributed by atoms with Crippen LogP contribution in [0.2, 0.25) is 0 Å². The fourth-order valence-electron chi connectivity index (χ4n) is 2.21. The van der Waals surface area contributed by atoms with Gasteiger partial charge in [-0.1, -0.05) is 0 Å². The van der Waals surface area contributed by atoms with Gasteiger partial charge in [-0.25, -0.2) is 0 Å². The van der Waals surface area contributed by atoms with Crippen LogP contribution in [0.3, 0.4) is 0 Å². The lowest BCUT2D eigenvalue weighted by atomic mass is 9.85. The lowest BCUT2D eigenvalue weighted by Crippen LogP contribution is -2.76. The summed E-state index contributed by atoms with van der Waals surface area (Å²) in [5, 5.41) is 8.11. The van der Waals surface area contributed by atoms with Gasteiger partial charge in [0.05, 0.1) is 0 Å². The van der Waals surface area contributed by atoms with E-state index in [0.29, 0.717) is 0 Å². The Hall–Kier alpha value is -2.00. The van der Waals surface area contributed by atoms with Gasteiger partial charge in [-0.15, -0.1) is 0 Å². The Morgan fingerprint density at radius 2 is 0.676 bits per heavy atom. The molecule has 2 nitrogen and oxygen atoms in total. The molecule has 0 atom stereocenters. The van der Waals surface area contributed by atoms with Crippen LogP contribution >= 0.6 is 0 Å². The van der Waals surface area contributed by atoms with Crippen molar-refractivity contribution < 1.29 is 102 Å². The van der Waals surface area contributed by atoms with E-state index >= 15 is 0 Å². The molecule has 0 unspecified atom stereocenters. The molecule has 0 spiro atoms. The number of aliphatic carboxylic acids is 1. The van der Waals surface area contributed by atoms with Crippen LogP contribution in [-0.4, -0.2) is 70.6 Å². The van der Waals surface area contributed by atoms with Crippen LogP contribution in [0.15, 0.2) is 0 Å². The topological polar surface area (TPSA) is 37.3 Å². The molecule has 0 aliphatic carbocycles. The second-order valence-electron chi connectivity index (χ2n) is 7.04. The molecule has 1 N–H and O–H groups in total. The summed E-state index contributed by atoms with van der Waals surface area (Å²) in [5.41, 5.74) is 0. The second kappa shape index (κ2) is 9.04. The zero-order valence-corrected chi connectivity index (χ0v) is 16.4. The molecule has 0 rings (SSSR count). The van der Waals surface area contributed by atoms with Crippen LogP contribution < -0.4 is 0 Å². The molecule has 0 aliphatic heterocycles. The van der Waals surface area contributed by atoms with E-state index in [1.807, 2.05) is 0 Å². The first-order valence-electron chi connectivity index (χ1n) is 8.35. The molecule has 0 saturated heterocycles. The third kappa shape index (κ3) is 4.71. The Morgan fingerprint density at radius 3 is 0.919 bits per heavy atom. The SMILES string of the molecule is O=C(O)CCCC(F)(F)C(F)(F)C(F)(F)C(F)(F)C(F)(F)C(F)(F)C(F)(F)C(F)(F)C(F)(F)C(F)(F)F. The summed E-state index contributed by atoms with van der Waals surface area (Å²) in [7, 11) is 0. The number of carbonyl (C=O) groups is 1. The Balaban J connectivity index is 6.87. The third-order valence-electron chi connectivity index (χ3n) is 4.46. The van der Waals surface area contributed by atoms with Crippen LogP contribution in [0.25, 0.3) is 0 Å². The number of carboxylic acid groups (broad SMARTS) is 1. The highest BCUT2D eigenvalue weighted by Crippen LogP contribution is 2.66. The second-order valence-corrected chi connectivity index (χ2v) is 7.04.